The molecule has 0 bridgehead atoms. The second-order valence-electron chi connectivity index (χ2n) is 6.91. The van der Waals surface area contributed by atoms with Crippen LogP contribution < -0.4 is 15.5 Å². The summed E-state index contributed by atoms with van der Waals surface area (Å²) in [6, 6.07) is 8.27. The SMILES string of the molecule is C[N+](C)(C)c1cccc(NC2=CC3=CC=C(Br)C(=O)C3C(N)=C2)c1. The first kappa shape index (κ1) is 16.7. The molecule has 0 aliphatic heterocycles. The molecule has 5 heteroatoms. The van der Waals surface area contributed by atoms with E-state index >= 15 is 0 Å². The zero-order valence-electron chi connectivity index (χ0n) is 14.0. The van der Waals surface area contributed by atoms with Crippen LogP contribution in [0.4, 0.5) is 11.4 Å². The molecule has 1 aromatic carbocycles. The highest BCUT2D eigenvalue weighted by Gasteiger charge is 2.31. The predicted molar refractivity (Wildman–Crippen MR) is 104 cm³/mol. The summed E-state index contributed by atoms with van der Waals surface area (Å²) in [4.78, 5) is 12.3. The predicted octanol–water partition coefficient (Wildman–Crippen LogP) is 3.44. The van der Waals surface area contributed by atoms with Crippen molar-refractivity contribution in [2.45, 2.75) is 0 Å². The van der Waals surface area contributed by atoms with Crippen LogP contribution in [0.3, 0.4) is 0 Å². The number of fused-ring (bicyclic) bond motifs is 1. The lowest BCUT2D eigenvalue weighted by atomic mass is 9.84. The van der Waals surface area contributed by atoms with Crippen molar-refractivity contribution in [3.05, 3.63) is 70.0 Å². The van der Waals surface area contributed by atoms with Crippen molar-refractivity contribution in [1.29, 1.82) is 0 Å². The Morgan fingerprint density at radius 1 is 1.17 bits per heavy atom. The average molecular weight is 387 g/mol. The number of nitrogens with two attached hydrogens (primary N) is 1. The molecule has 0 amide bonds. The minimum absolute atomic E-state index is 0.00331. The smallest absolute Gasteiger partial charge is 0.183 e. The fourth-order valence-corrected chi connectivity index (χ4v) is 3.20. The Hall–Kier alpha value is -2.11. The molecule has 3 N–H and O–H groups in total. The molecule has 124 valence electrons. The van der Waals surface area contributed by atoms with E-state index in [1.807, 2.05) is 30.4 Å². The van der Waals surface area contributed by atoms with E-state index in [-0.39, 0.29) is 11.7 Å². The summed E-state index contributed by atoms with van der Waals surface area (Å²) < 4.78 is 1.31. The van der Waals surface area contributed by atoms with Gasteiger partial charge in [-0.1, -0.05) is 12.1 Å². The molecule has 0 aromatic heterocycles. The van der Waals surface area contributed by atoms with Gasteiger partial charge in [0.25, 0.3) is 0 Å². The Bertz CT molecular complexity index is 825. The number of nitrogens with zero attached hydrogens (tertiary/aromatic N) is 1. The van der Waals surface area contributed by atoms with Crippen LogP contribution in [0, 0.1) is 5.92 Å². The normalized spacial score (nSPS) is 20.5. The van der Waals surface area contributed by atoms with Gasteiger partial charge in [0, 0.05) is 23.1 Å². The number of allylic oxidation sites excluding steroid dienone is 6. The molecule has 2 aliphatic rings. The summed E-state index contributed by atoms with van der Waals surface area (Å²) in [6.45, 7) is 0. The summed E-state index contributed by atoms with van der Waals surface area (Å²) in [7, 11) is 6.39. The quantitative estimate of drug-likeness (QED) is 0.782. The van der Waals surface area contributed by atoms with Gasteiger partial charge in [-0.15, -0.1) is 0 Å². The van der Waals surface area contributed by atoms with E-state index in [1.165, 1.54) is 5.69 Å². The maximum absolute atomic E-state index is 12.3. The molecule has 24 heavy (non-hydrogen) atoms. The van der Waals surface area contributed by atoms with Crippen LogP contribution in [0.1, 0.15) is 0 Å². The van der Waals surface area contributed by atoms with E-state index in [0.717, 1.165) is 21.4 Å². The fourth-order valence-electron chi connectivity index (χ4n) is 2.84. The van der Waals surface area contributed by atoms with E-state index in [1.54, 1.807) is 6.08 Å². The van der Waals surface area contributed by atoms with Gasteiger partial charge in [-0.2, -0.15) is 0 Å². The van der Waals surface area contributed by atoms with E-state index in [9.17, 15) is 4.79 Å². The second-order valence-corrected chi connectivity index (χ2v) is 7.76. The largest absolute Gasteiger partial charge is 0.401 e. The number of nitrogens with one attached hydrogen (secondary N) is 1. The van der Waals surface area contributed by atoms with Crippen molar-refractivity contribution in [2.75, 3.05) is 26.5 Å². The van der Waals surface area contributed by atoms with Crippen molar-refractivity contribution < 1.29 is 4.79 Å². The summed E-state index contributed by atoms with van der Waals surface area (Å²) in [6.07, 6.45) is 7.52. The van der Waals surface area contributed by atoms with Gasteiger partial charge in [0.1, 0.15) is 5.69 Å². The van der Waals surface area contributed by atoms with E-state index in [0.29, 0.717) is 10.2 Å². The number of hydrogen-bond acceptors (Lipinski definition) is 3. The molecule has 1 aromatic rings. The first-order valence-corrected chi connectivity index (χ1v) is 8.54. The molecule has 0 spiro atoms. The zero-order valence-corrected chi connectivity index (χ0v) is 15.6. The minimum atomic E-state index is -0.382. The van der Waals surface area contributed by atoms with Crippen LogP contribution in [0.15, 0.2) is 70.0 Å². The zero-order chi connectivity index (χ0) is 17.5. The molecule has 1 atom stereocenters. The maximum atomic E-state index is 12.3. The Morgan fingerprint density at radius 3 is 2.62 bits per heavy atom. The molecule has 1 unspecified atom stereocenters. The van der Waals surface area contributed by atoms with Gasteiger partial charge in [-0.3, -0.25) is 9.28 Å². The van der Waals surface area contributed by atoms with Gasteiger partial charge < -0.3 is 11.1 Å². The standard InChI is InChI=1S/C19H20BrN3O/c1-23(2,3)15-6-4-5-13(10-15)22-14-9-12-7-8-16(20)19(24)18(12)17(21)11-14/h4-11,18H,1-3H3,(H2-,21,22,24)/p+1. The number of anilines is 1. The number of hydrogen-bond donors (Lipinski definition) is 2. The number of Topliss-reactive ketones (excluding diaryl/α,β-unsaturated/α-hetero) is 1. The Morgan fingerprint density at radius 2 is 1.92 bits per heavy atom. The lowest BCUT2D eigenvalue weighted by molar-refractivity contribution is -0.116. The van der Waals surface area contributed by atoms with Crippen LogP contribution >= 0.6 is 15.9 Å². The van der Waals surface area contributed by atoms with E-state index < -0.39 is 0 Å². The van der Waals surface area contributed by atoms with Crippen LogP contribution in [0.2, 0.25) is 0 Å². The molecular weight excluding hydrogens is 366 g/mol. The molecule has 0 saturated heterocycles. The molecule has 0 saturated carbocycles. The first-order valence-electron chi connectivity index (χ1n) is 7.75. The fraction of sp³-hybridized carbons (Fsp3) is 0.211. The van der Waals surface area contributed by atoms with Gasteiger partial charge in [0.15, 0.2) is 5.78 Å². The molecule has 3 rings (SSSR count). The number of rotatable bonds is 3. The molecule has 0 fully saturated rings. The van der Waals surface area contributed by atoms with Crippen LogP contribution in [0.25, 0.3) is 0 Å². The number of halogens is 1. The second kappa shape index (κ2) is 6.07. The summed E-state index contributed by atoms with van der Waals surface area (Å²) in [5, 5.41) is 3.39. The number of ketones is 1. The minimum Gasteiger partial charge on any atom is -0.401 e. The lowest BCUT2D eigenvalue weighted by Gasteiger charge is -2.26. The highest BCUT2D eigenvalue weighted by Crippen LogP contribution is 2.34. The van der Waals surface area contributed by atoms with Crippen LogP contribution in [0.5, 0.6) is 0 Å². The first-order chi connectivity index (χ1) is 11.3. The van der Waals surface area contributed by atoms with Gasteiger partial charge in [-0.05, 0) is 51.9 Å². The summed E-state index contributed by atoms with van der Waals surface area (Å²) in [5.41, 5.74) is 10.7. The van der Waals surface area contributed by atoms with Crippen LogP contribution in [-0.4, -0.2) is 26.9 Å². The average Bonchev–Trinajstić information content (AvgIpc) is 2.50. The lowest BCUT2D eigenvalue weighted by Crippen LogP contribution is -2.34. The summed E-state index contributed by atoms with van der Waals surface area (Å²) in [5.74, 6) is -0.379. The Kier molecular flexibility index (Phi) is 4.24. The van der Waals surface area contributed by atoms with E-state index in [4.69, 9.17) is 5.73 Å². The Balaban J connectivity index is 1.90. The molecule has 2 aliphatic carbocycles. The number of benzene rings is 1. The van der Waals surface area contributed by atoms with Gasteiger partial charge in [-0.25, -0.2) is 0 Å². The van der Waals surface area contributed by atoms with Crippen molar-refractivity contribution in [3.8, 4) is 0 Å². The van der Waals surface area contributed by atoms with Gasteiger partial charge in [0.2, 0.25) is 0 Å². The number of carbonyl (C=O) groups excluding carboxylic acids is 1. The summed E-state index contributed by atoms with van der Waals surface area (Å²) >= 11 is 3.28. The molecule has 0 heterocycles. The molecule has 0 radical (unpaired) electrons. The highest BCUT2D eigenvalue weighted by atomic mass is 79.9. The number of carbonyl (C=O) groups is 1. The molecule has 4 nitrogen and oxygen atoms in total. The van der Waals surface area contributed by atoms with Gasteiger partial charge >= 0.3 is 0 Å². The maximum Gasteiger partial charge on any atom is 0.183 e. The third-order valence-electron chi connectivity index (χ3n) is 4.14. The van der Waals surface area contributed by atoms with Crippen molar-refractivity contribution in [2.24, 2.45) is 11.7 Å². The Labute approximate surface area is 150 Å². The van der Waals surface area contributed by atoms with Crippen molar-refractivity contribution >= 4 is 33.1 Å². The number of quaternary nitrogens is 1. The van der Waals surface area contributed by atoms with Crippen molar-refractivity contribution in [1.82, 2.24) is 4.48 Å². The van der Waals surface area contributed by atoms with Crippen LogP contribution in [-0.2, 0) is 4.79 Å². The third-order valence-corrected chi connectivity index (χ3v) is 4.80. The van der Waals surface area contributed by atoms with Crippen molar-refractivity contribution in [3.63, 3.8) is 0 Å². The topological polar surface area (TPSA) is 55.1 Å². The van der Waals surface area contributed by atoms with E-state index in [2.05, 4.69) is 54.5 Å². The highest BCUT2D eigenvalue weighted by molar-refractivity contribution is 9.12. The van der Waals surface area contributed by atoms with Gasteiger partial charge in [0.05, 0.1) is 31.5 Å². The third kappa shape index (κ3) is 3.23. The molecular formula is C19H21BrN3O+. The monoisotopic (exact) mass is 386 g/mol.